The molecule has 0 unspecified atom stereocenters. The van der Waals surface area contributed by atoms with Crippen molar-refractivity contribution in [3.8, 4) is 0 Å². The van der Waals surface area contributed by atoms with Crippen molar-refractivity contribution in [3.63, 3.8) is 0 Å². The highest BCUT2D eigenvalue weighted by Crippen LogP contribution is 2.22. The number of halogens is 1. The number of nitrogens with zero attached hydrogens (tertiary/aromatic N) is 1. The number of hydrogen-bond donors (Lipinski definition) is 1. The number of carbonyl (C=O) groups excluding carboxylic acids is 2. The van der Waals surface area contributed by atoms with E-state index in [0.717, 1.165) is 11.3 Å². The Bertz CT molecular complexity index is 642. The first-order valence-corrected chi connectivity index (χ1v) is 7.41. The SMILES string of the molecule is CCOC(=O)c1ncc(NC(=O)c2ccccc2Br)s1. The smallest absolute Gasteiger partial charge is 0.367 e. The topological polar surface area (TPSA) is 68.3 Å². The van der Waals surface area contributed by atoms with E-state index in [1.807, 2.05) is 6.07 Å². The maximum atomic E-state index is 12.1. The molecular formula is C13H11BrN2O3S. The Morgan fingerprint density at radius 1 is 1.40 bits per heavy atom. The van der Waals surface area contributed by atoms with E-state index >= 15 is 0 Å². The standard InChI is InChI=1S/C13H11BrN2O3S/c1-2-19-13(18)12-15-7-10(20-12)16-11(17)8-5-3-4-6-9(8)14/h3-7H,2H2,1H3,(H,16,17). The zero-order valence-electron chi connectivity index (χ0n) is 10.6. The lowest BCUT2D eigenvalue weighted by Gasteiger charge is -2.03. The van der Waals surface area contributed by atoms with Crippen LogP contribution in [0.5, 0.6) is 0 Å². The van der Waals surface area contributed by atoms with E-state index in [0.29, 0.717) is 15.0 Å². The van der Waals surface area contributed by atoms with Crippen LogP contribution in [0, 0.1) is 0 Å². The van der Waals surface area contributed by atoms with Gasteiger partial charge in [-0.3, -0.25) is 4.79 Å². The molecule has 5 nitrogen and oxygen atoms in total. The van der Waals surface area contributed by atoms with Gasteiger partial charge in [-0.05, 0) is 35.0 Å². The van der Waals surface area contributed by atoms with Gasteiger partial charge in [0.1, 0.15) is 5.00 Å². The Kier molecular flexibility index (Phi) is 4.86. The van der Waals surface area contributed by atoms with Crippen LogP contribution < -0.4 is 5.32 Å². The molecule has 20 heavy (non-hydrogen) atoms. The summed E-state index contributed by atoms with van der Waals surface area (Å²) in [7, 11) is 0. The number of esters is 1. The van der Waals surface area contributed by atoms with Crippen LogP contribution in [0.15, 0.2) is 34.9 Å². The maximum Gasteiger partial charge on any atom is 0.367 e. The summed E-state index contributed by atoms with van der Waals surface area (Å²) in [6.45, 7) is 2.01. The lowest BCUT2D eigenvalue weighted by Crippen LogP contribution is -2.11. The number of nitrogens with one attached hydrogen (secondary N) is 1. The Balaban J connectivity index is 2.09. The van der Waals surface area contributed by atoms with Gasteiger partial charge < -0.3 is 10.1 Å². The average Bonchev–Trinajstić information content (AvgIpc) is 2.88. The van der Waals surface area contributed by atoms with E-state index in [4.69, 9.17) is 4.74 Å². The summed E-state index contributed by atoms with van der Waals surface area (Å²) in [6.07, 6.45) is 1.44. The van der Waals surface area contributed by atoms with Crippen molar-refractivity contribution in [1.82, 2.24) is 4.98 Å². The van der Waals surface area contributed by atoms with Gasteiger partial charge in [-0.2, -0.15) is 0 Å². The number of amides is 1. The molecule has 0 aliphatic heterocycles. The van der Waals surface area contributed by atoms with E-state index in [-0.39, 0.29) is 17.5 Å². The molecule has 1 heterocycles. The summed E-state index contributed by atoms with van der Waals surface area (Å²) in [6, 6.07) is 7.08. The predicted molar refractivity (Wildman–Crippen MR) is 80.2 cm³/mol. The first-order valence-electron chi connectivity index (χ1n) is 5.80. The van der Waals surface area contributed by atoms with Gasteiger partial charge in [-0.1, -0.05) is 23.5 Å². The van der Waals surface area contributed by atoms with Crippen molar-refractivity contribution in [1.29, 1.82) is 0 Å². The van der Waals surface area contributed by atoms with Crippen LogP contribution in [0.3, 0.4) is 0 Å². The molecule has 1 aromatic heterocycles. The van der Waals surface area contributed by atoms with Gasteiger partial charge in [0.2, 0.25) is 5.01 Å². The minimum absolute atomic E-state index is 0.217. The van der Waals surface area contributed by atoms with Gasteiger partial charge in [0.25, 0.3) is 5.91 Å². The predicted octanol–water partition coefficient (Wildman–Crippen LogP) is 3.33. The van der Waals surface area contributed by atoms with Gasteiger partial charge in [-0.25, -0.2) is 9.78 Å². The molecule has 0 aliphatic rings. The quantitative estimate of drug-likeness (QED) is 0.855. The van der Waals surface area contributed by atoms with E-state index in [9.17, 15) is 9.59 Å². The van der Waals surface area contributed by atoms with Crippen molar-refractivity contribution < 1.29 is 14.3 Å². The van der Waals surface area contributed by atoms with Crippen molar-refractivity contribution in [2.75, 3.05) is 11.9 Å². The number of ether oxygens (including phenoxy) is 1. The second-order valence-electron chi connectivity index (χ2n) is 3.68. The van der Waals surface area contributed by atoms with Crippen LogP contribution in [0.2, 0.25) is 0 Å². The van der Waals surface area contributed by atoms with Crippen LogP contribution >= 0.6 is 27.3 Å². The Morgan fingerprint density at radius 2 is 2.15 bits per heavy atom. The van der Waals surface area contributed by atoms with Crippen molar-refractivity contribution in [2.24, 2.45) is 0 Å². The molecule has 0 radical (unpaired) electrons. The molecule has 7 heteroatoms. The lowest BCUT2D eigenvalue weighted by atomic mass is 10.2. The summed E-state index contributed by atoms with van der Waals surface area (Å²) in [5.74, 6) is -0.754. The number of benzene rings is 1. The van der Waals surface area contributed by atoms with Crippen LogP contribution in [-0.2, 0) is 4.74 Å². The number of carbonyl (C=O) groups is 2. The summed E-state index contributed by atoms with van der Waals surface area (Å²) >= 11 is 4.39. The third kappa shape index (κ3) is 3.43. The number of aromatic nitrogens is 1. The molecule has 0 fully saturated rings. The second kappa shape index (κ2) is 6.62. The first-order chi connectivity index (χ1) is 9.61. The molecule has 1 aromatic carbocycles. The molecule has 2 rings (SSSR count). The van der Waals surface area contributed by atoms with Crippen molar-refractivity contribution in [2.45, 2.75) is 6.92 Å². The minimum Gasteiger partial charge on any atom is -0.461 e. The molecule has 2 aromatic rings. The van der Waals surface area contributed by atoms with E-state index in [2.05, 4.69) is 26.2 Å². The fraction of sp³-hybridized carbons (Fsp3) is 0.154. The number of thiazole rings is 1. The van der Waals surface area contributed by atoms with Crippen LogP contribution in [-0.4, -0.2) is 23.5 Å². The minimum atomic E-state index is -0.487. The zero-order chi connectivity index (χ0) is 14.5. The molecule has 0 saturated carbocycles. The summed E-state index contributed by atoms with van der Waals surface area (Å²) in [5.41, 5.74) is 0.513. The molecule has 0 spiro atoms. The molecule has 104 valence electrons. The molecular weight excluding hydrogens is 344 g/mol. The Hall–Kier alpha value is -1.73. The van der Waals surface area contributed by atoms with E-state index < -0.39 is 5.97 Å². The maximum absolute atomic E-state index is 12.1. The molecule has 0 atom stereocenters. The number of hydrogen-bond acceptors (Lipinski definition) is 5. The van der Waals surface area contributed by atoms with Crippen LogP contribution in [0.1, 0.15) is 27.1 Å². The molecule has 1 amide bonds. The number of anilines is 1. The molecule has 0 aliphatic carbocycles. The van der Waals surface area contributed by atoms with Gasteiger partial charge >= 0.3 is 5.97 Å². The van der Waals surface area contributed by atoms with Gasteiger partial charge in [0, 0.05) is 4.47 Å². The second-order valence-corrected chi connectivity index (χ2v) is 5.57. The molecule has 1 N–H and O–H groups in total. The highest BCUT2D eigenvalue weighted by molar-refractivity contribution is 9.10. The zero-order valence-corrected chi connectivity index (χ0v) is 13.0. The van der Waals surface area contributed by atoms with Crippen molar-refractivity contribution in [3.05, 3.63) is 45.5 Å². The largest absolute Gasteiger partial charge is 0.461 e. The average molecular weight is 355 g/mol. The summed E-state index contributed by atoms with van der Waals surface area (Å²) in [5, 5.41) is 3.41. The Labute approximate surface area is 128 Å². The Morgan fingerprint density at radius 3 is 2.85 bits per heavy atom. The lowest BCUT2D eigenvalue weighted by molar-refractivity contribution is 0.0526. The molecule has 0 bridgehead atoms. The van der Waals surface area contributed by atoms with Crippen molar-refractivity contribution >= 4 is 44.1 Å². The van der Waals surface area contributed by atoms with Gasteiger partial charge in [-0.15, -0.1) is 0 Å². The van der Waals surface area contributed by atoms with E-state index in [1.54, 1.807) is 25.1 Å². The summed E-state index contributed by atoms with van der Waals surface area (Å²) in [4.78, 5) is 27.5. The first kappa shape index (κ1) is 14.7. The fourth-order valence-electron chi connectivity index (χ4n) is 1.44. The van der Waals surface area contributed by atoms with Crippen LogP contribution in [0.25, 0.3) is 0 Å². The van der Waals surface area contributed by atoms with Crippen LogP contribution in [0.4, 0.5) is 5.00 Å². The normalized spacial score (nSPS) is 10.1. The fourth-order valence-corrected chi connectivity index (χ4v) is 2.61. The third-order valence-corrected chi connectivity index (χ3v) is 3.90. The van der Waals surface area contributed by atoms with E-state index in [1.165, 1.54) is 6.20 Å². The summed E-state index contributed by atoms with van der Waals surface area (Å²) < 4.78 is 5.54. The number of rotatable bonds is 4. The highest BCUT2D eigenvalue weighted by Gasteiger charge is 2.15. The molecule has 0 saturated heterocycles. The van der Waals surface area contributed by atoms with Gasteiger partial charge in [0.05, 0.1) is 18.4 Å². The monoisotopic (exact) mass is 354 g/mol. The van der Waals surface area contributed by atoms with Gasteiger partial charge in [0.15, 0.2) is 0 Å². The highest BCUT2D eigenvalue weighted by atomic mass is 79.9. The third-order valence-electron chi connectivity index (χ3n) is 2.31.